The van der Waals surface area contributed by atoms with E-state index in [0.717, 1.165) is 22.9 Å². The van der Waals surface area contributed by atoms with Crippen LogP contribution in [0.15, 0.2) is 74.9 Å². The molecule has 1 heterocycles. The molecule has 4 rings (SSSR count). The largest absolute Gasteiger partial charge is 0.459 e. The van der Waals surface area contributed by atoms with Gasteiger partial charge < -0.3 is 4.42 Å². The molecule has 0 saturated carbocycles. The monoisotopic (exact) mass is 340 g/mol. The van der Waals surface area contributed by atoms with E-state index < -0.39 is 15.7 Å². The summed E-state index contributed by atoms with van der Waals surface area (Å²) in [4.78, 5) is 0.178. The summed E-state index contributed by atoms with van der Waals surface area (Å²) in [5, 5.41) is 2.37. The molecule has 0 spiro atoms. The van der Waals surface area contributed by atoms with Gasteiger partial charge in [-0.3, -0.25) is 0 Å². The van der Waals surface area contributed by atoms with Crippen LogP contribution >= 0.6 is 0 Å². The first-order valence-corrected chi connectivity index (χ1v) is 8.88. The van der Waals surface area contributed by atoms with Gasteiger partial charge in [0.05, 0.1) is 4.90 Å². The maximum Gasteiger partial charge on any atom is 0.210 e. The highest BCUT2D eigenvalue weighted by Gasteiger charge is 2.27. The van der Waals surface area contributed by atoms with Crippen LogP contribution in [0.1, 0.15) is 5.76 Å². The van der Waals surface area contributed by atoms with Crippen molar-refractivity contribution in [3.8, 4) is 0 Å². The van der Waals surface area contributed by atoms with Crippen LogP contribution in [0.4, 0.5) is 4.39 Å². The Labute approximate surface area is 138 Å². The molecule has 1 aromatic heterocycles. The topological polar surface area (TPSA) is 47.3 Å². The van der Waals surface area contributed by atoms with Gasteiger partial charge in [-0.1, -0.05) is 30.3 Å². The van der Waals surface area contributed by atoms with E-state index in [-0.39, 0.29) is 9.79 Å². The van der Waals surface area contributed by atoms with Gasteiger partial charge >= 0.3 is 0 Å². The lowest BCUT2D eigenvalue weighted by molar-refractivity contribution is 0.559. The second kappa shape index (κ2) is 5.18. The van der Waals surface area contributed by atoms with Crippen LogP contribution in [0, 0.1) is 12.7 Å². The van der Waals surface area contributed by atoms with Crippen LogP contribution in [0.3, 0.4) is 0 Å². The summed E-state index contributed by atoms with van der Waals surface area (Å²) >= 11 is 0. The van der Waals surface area contributed by atoms with Crippen molar-refractivity contribution < 1.29 is 17.2 Å². The average molecular weight is 340 g/mol. The molecule has 24 heavy (non-hydrogen) atoms. The molecule has 0 radical (unpaired) electrons. The molecule has 0 aliphatic heterocycles. The Balaban J connectivity index is 2.05. The predicted octanol–water partition coefficient (Wildman–Crippen LogP) is 4.87. The maximum atomic E-state index is 13.1. The molecule has 0 aliphatic rings. The zero-order valence-corrected chi connectivity index (χ0v) is 13.6. The van der Waals surface area contributed by atoms with Crippen LogP contribution in [-0.4, -0.2) is 8.42 Å². The lowest BCUT2D eigenvalue weighted by Crippen LogP contribution is -2.02. The van der Waals surface area contributed by atoms with Gasteiger partial charge in [-0.15, -0.1) is 0 Å². The first kappa shape index (κ1) is 14.9. The van der Waals surface area contributed by atoms with Crippen molar-refractivity contribution in [1.29, 1.82) is 0 Å². The van der Waals surface area contributed by atoms with Crippen LogP contribution in [0.2, 0.25) is 0 Å². The fourth-order valence-corrected chi connectivity index (χ4v) is 4.59. The first-order valence-electron chi connectivity index (χ1n) is 7.40. The van der Waals surface area contributed by atoms with E-state index >= 15 is 0 Å². The van der Waals surface area contributed by atoms with Crippen molar-refractivity contribution in [1.82, 2.24) is 0 Å². The Morgan fingerprint density at radius 3 is 2.33 bits per heavy atom. The molecular weight excluding hydrogens is 327 g/mol. The Kier molecular flexibility index (Phi) is 3.21. The molecule has 3 aromatic carbocycles. The fourth-order valence-electron chi connectivity index (χ4n) is 2.99. The van der Waals surface area contributed by atoms with E-state index in [2.05, 4.69) is 0 Å². The second-order valence-corrected chi connectivity index (χ2v) is 7.49. The SMILES string of the molecule is Cc1oc2c(ccc3ccccc32)c1S(=O)(=O)c1ccc(F)cc1. The summed E-state index contributed by atoms with van der Waals surface area (Å²) in [5.41, 5.74) is 0.547. The Morgan fingerprint density at radius 1 is 0.875 bits per heavy atom. The summed E-state index contributed by atoms with van der Waals surface area (Å²) in [6.45, 7) is 1.63. The van der Waals surface area contributed by atoms with E-state index in [1.165, 1.54) is 12.1 Å². The quantitative estimate of drug-likeness (QED) is 0.489. The third-order valence-corrected chi connectivity index (χ3v) is 6.03. The van der Waals surface area contributed by atoms with Crippen molar-refractivity contribution >= 4 is 31.6 Å². The number of sulfone groups is 1. The van der Waals surface area contributed by atoms with E-state index in [4.69, 9.17) is 4.42 Å². The standard InChI is InChI=1S/C19H13FO3S/c1-12-19(24(21,22)15-9-7-14(20)8-10-15)17-11-6-13-4-2-3-5-16(13)18(17)23-12/h2-11H,1H3. The molecule has 0 unspecified atom stereocenters. The highest BCUT2D eigenvalue weighted by Crippen LogP contribution is 2.37. The van der Waals surface area contributed by atoms with Gasteiger partial charge in [0, 0.05) is 10.8 Å². The van der Waals surface area contributed by atoms with Crippen LogP contribution in [0.25, 0.3) is 21.7 Å². The van der Waals surface area contributed by atoms with Gasteiger partial charge in [0.1, 0.15) is 22.1 Å². The van der Waals surface area contributed by atoms with Gasteiger partial charge in [-0.2, -0.15) is 0 Å². The van der Waals surface area contributed by atoms with Gasteiger partial charge in [0.2, 0.25) is 9.84 Å². The molecule has 0 saturated heterocycles. The van der Waals surface area contributed by atoms with E-state index in [9.17, 15) is 12.8 Å². The number of benzene rings is 3. The Hall–Kier alpha value is -2.66. The average Bonchev–Trinajstić information content (AvgIpc) is 2.92. The number of hydrogen-bond donors (Lipinski definition) is 0. The fraction of sp³-hybridized carbons (Fsp3) is 0.0526. The molecule has 0 bridgehead atoms. The minimum atomic E-state index is -3.80. The van der Waals surface area contributed by atoms with E-state index in [1.807, 2.05) is 30.3 Å². The molecule has 0 atom stereocenters. The summed E-state index contributed by atoms with van der Waals surface area (Å²) in [7, 11) is -3.80. The van der Waals surface area contributed by atoms with E-state index in [0.29, 0.717) is 16.7 Å². The molecule has 4 aromatic rings. The lowest BCUT2D eigenvalue weighted by Gasteiger charge is -2.04. The zero-order valence-electron chi connectivity index (χ0n) is 12.8. The summed E-state index contributed by atoms with van der Waals surface area (Å²) < 4.78 is 44.9. The minimum absolute atomic E-state index is 0.0443. The van der Waals surface area contributed by atoms with Gasteiger partial charge in [-0.25, -0.2) is 12.8 Å². The number of furan rings is 1. The molecule has 5 heteroatoms. The van der Waals surface area contributed by atoms with E-state index in [1.54, 1.807) is 13.0 Å². The number of fused-ring (bicyclic) bond motifs is 3. The summed E-state index contributed by atoms with van der Waals surface area (Å²) in [5.74, 6) is -0.153. The Bertz CT molecular complexity index is 1170. The van der Waals surface area contributed by atoms with Gasteiger partial charge in [0.25, 0.3) is 0 Å². The van der Waals surface area contributed by atoms with Crippen molar-refractivity contribution in [2.24, 2.45) is 0 Å². The normalized spacial score (nSPS) is 12.1. The Morgan fingerprint density at radius 2 is 1.58 bits per heavy atom. The van der Waals surface area contributed by atoms with Crippen molar-refractivity contribution in [2.75, 3.05) is 0 Å². The van der Waals surface area contributed by atoms with Crippen molar-refractivity contribution in [2.45, 2.75) is 16.7 Å². The van der Waals surface area contributed by atoms with Crippen LogP contribution in [0.5, 0.6) is 0 Å². The van der Waals surface area contributed by atoms with Gasteiger partial charge in [-0.05, 0) is 42.6 Å². The smallest absolute Gasteiger partial charge is 0.210 e. The minimum Gasteiger partial charge on any atom is -0.459 e. The second-order valence-electron chi connectivity index (χ2n) is 5.61. The summed E-state index contributed by atoms with van der Waals surface area (Å²) in [6, 6.07) is 16.1. The highest BCUT2D eigenvalue weighted by atomic mass is 32.2. The third-order valence-electron chi connectivity index (χ3n) is 4.09. The molecular formula is C19H13FO3S. The zero-order chi connectivity index (χ0) is 16.9. The third kappa shape index (κ3) is 2.12. The van der Waals surface area contributed by atoms with Gasteiger partial charge in [0.15, 0.2) is 0 Å². The molecule has 120 valence electrons. The molecule has 0 fully saturated rings. The predicted molar refractivity (Wildman–Crippen MR) is 90.3 cm³/mol. The number of halogens is 1. The first-order chi connectivity index (χ1) is 11.5. The number of hydrogen-bond acceptors (Lipinski definition) is 3. The molecule has 3 nitrogen and oxygen atoms in total. The molecule has 0 amide bonds. The lowest BCUT2D eigenvalue weighted by atomic mass is 10.1. The van der Waals surface area contributed by atoms with Crippen LogP contribution in [-0.2, 0) is 9.84 Å². The van der Waals surface area contributed by atoms with Crippen molar-refractivity contribution in [3.05, 3.63) is 72.2 Å². The van der Waals surface area contributed by atoms with Crippen LogP contribution < -0.4 is 0 Å². The number of aryl methyl sites for hydroxylation is 1. The maximum absolute atomic E-state index is 13.1. The number of rotatable bonds is 2. The molecule has 0 aliphatic carbocycles. The molecule has 0 N–H and O–H groups in total. The summed E-state index contributed by atoms with van der Waals surface area (Å²) in [6.07, 6.45) is 0. The highest BCUT2D eigenvalue weighted by molar-refractivity contribution is 7.91. The van der Waals surface area contributed by atoms with Crippen molar-refractivity contribution in [3.63, 3.8) is 0 Å².